The van der Waals surface area contributed by atoms with Gasteiger partial charge >= 0.3 is 0 Å². The summed E-state index contributed by atoms with van der Waals surface area (Å²) < 4.78 is 22.9. The summed E-state index contributed by atoms with van der Waals surface area (Å²) in [6, 6.07) is 0. The zero-order valence-corrected chi connectivity index (χ0v) is 8.36. The molecule has 1 N–H and O–H groups in total. The molecule has 0 aromatic rings. The standard InChI is InChI=1S/C8H17NO2S/c1-2-12(10,11)8-6-4-3-5-7-9-8/h8-9H,2-7H2,1H3. The lowest BCUT2D eigenvalue weighted by atomic mass is 10.2. The minimum atomic E-state index is -2.86. The number of sulfone groups is 1. The van der Waals surface area contributed by atoms with Crippen LogP contribution in [0.25, 0.3) is 0 Å². The molecule has 1 aliphatic rings. The van der Waals surface area contributed by atoms with Crippen molar-refractivity contribution in [1.82, 2.24) is 5.32 Å². The molecular weight excluding hydrogens is 174 g/mol. The second-order valence-electron chi connectivity index (χ2n) is 3.24. The molecule has 4 heteroatoms. The third kappa shape index (κ3) is 2.45. The maximum absolute atomic E-state index is 11.4. The van der Waals surface area contributed by atoms with Crippen LogP contribution in [0.1, 0.15) is 32.6 Å². The fourth-order valence-corrected chi connectivity index (χ4v) is 2.80. The quantitative estimate of drug-likeness (QED) is 0.705. The van der Waals surface area contributed by atoms with Gasteiger partial charge < -0.3 is 5.32 Å². The van der Waals surface area contributed by atoms with Crippen molar-refractivity contribution >= 4 is 9.84 Å². The molecular formula is C8H17NO2S. The Morgan fingerprint density at radius 1 is 1.33 bits per heavy atom. The Balaban J connectivity index is 2.60. The summed E-state index contributed by atoms with van der Waals surface area (Å²) in [6.45, 7) is 2.56. The van der Waals surface area contributed by atoms with Crippen LogP contribution in [0, 0.1) is 0 Å². The minimum Gasteiger partial charge on any atom is -0.301 e. The monoisotopic (exact) mass is 191 g/mol. The van der Waals surface area contributed by atoms with Crippen molar-refractivity contribution in [3.63, 3.8) is 0 Å². The maximum Gasteiger partial charge on any atom is 0.165 e. The number of hydrogen-bond donors (Lipinski definition) is 1. The Morgan fingerprint density at radius 3 is 2.75 bits per heavy atom. The predicted octanol–water partition coefficient (Wildman–Crippen LogP) is 0.911. The van der Waals surface area contributed by atoms with Crippen LogP contribution in [-0.4, -0.2) is 26.1 Å². The highest BCUT2D eigenvalue weighted by Gasteiger charge is 2.23. The van der Waals surface area contributed by atoms with Gasteiger partial charge in [0.15, 0.2) is 9.84 Å². The summed E-state index contributed by atoms with van der Waals surface area (Å²) >= 11 is 0. The van der Waals surface area contributed by atoms with Gasteiger partial charge in [-0.3, -0.25) is 0 Å². The van der Waals surface area contributed by atoms with Gasteiger partial charge in [0, 0.05) is 5.75 Å². The van der Waals surface area contributed by atoms with Gasteiger partial charge in [-0.1, -0.05) is 19.8 Å². The Kier molecular flexibility index (Phi) is 3.53. The van der Waals surface area contributed by atoms with E-state index in [-0.39, 0.29) is 11.1 Å². The molecule has 0 amide bonds. The Bertz CT molecular complexity index is 215. The van der Waals surface area contributed by atoms with Crippen LogP contribution in [0.5, 0.6) is 0 Å². The average Bonchev–Trinajstić information content (AvgIpc) is 2.32. The lowest BCUT2D eigenvalue weighted by Crippen LogP contribution is -2.36. The lowest BCUT2D eigenvalue weighted by molar-refractivity contribution is 0.547. The van der Waals surface area contributed by atoms with Crippen molar-refractivity contribution in [2.45, 2.75) is 38.0 Å². The molecule has 0 bridgehead atoms. The van der Waals surface area contributed by atoms with Gasteiger partial charge in [-0.05, 0) is 19.4 Å². The fraction of sp³-hybridized carbons (Fsp3) is 1.00. The second-order valence-corrected chi connectivity index (χ2v) is 5.72. The Morgan fingerprint density at radius 2 is 2.08 bits per heavy atom. The van der Waals surface area contributed by atoms with E-state index in [9.17, 15) is 8.42 Å². The molecule has 0 aromatic heterocycles. The molecule has 1 rings (SSSR count). The first-order chi connectivity index (χ1) is 5.67. The largest absolute Gasteiger partial charge is 0.301 e. The first-order valence-electron chi connectivity index (χ1n) is 4.62. The highest BCUT2D eigenvalue weighted by molar-refractivity contribution is 7.91. The van der Waals surface area contributed by atoms with Gasteiger partial charge in [0.25, 0.3) is 0 Å². The van der Waals surface area contributed by atoms with Crippen LogP contribution in [0.2, 0.25) is 0 Å². The molecule has 1 saturated heterocycles. The minimum absolute atomic E-state index is 0.255. The van der Waals surface area contributed by atoms with Crippen LogP contribution < -0.4 is 5.32 Å². The van der Waals surface area contributed by atoms with Gasteiger partial charge in [-0.25, -0.2) is 8.42 Å². The molecule has 1 heterocycles. The molecule has 1 unspecified atom stereocenters. The molecule has 1 fully saturated rings. The number of rotatable bonds is 2. The van der Waals surface area contributed by atoms with E-state index in [1.54, 1.807) is 6.92 Å². The van der Waals surface area contributed by atoms with E-state index in [4.69, 9.17) is 0 Å². The van der Waals surface area contributed by atoms with Crippen molar-refractivity contribution in [3.8, 4) is 0 Å². The van der Waals surface area contributed by atoms with E-state index in [0.29, 0.717) is 0 Å². The molecule has 12 heavy (non-hydrogen) atoms. The van der Waals surface area contributed by atoms with Crippen molar-refractivity contribution in [2.75, 3.05) is 12.3 Å². The first kappa shape index (κ1) is 9.99. The highest BCUT2D eigenvalue weighted by atomic mass is 32.2. The Labute approximate surface area is 74.5 Å². The van der Waals surface area contributed by atoms with Crippen molar-refractivity contribution in [3.05, 3.63) is 0 Å². The zero-order chi connectivity index (χ0) is 9.03. The molecule has 0 aromatic carbocycles. The zero-order valence-electron chi connectivity index (χ0n) is 7.54. The smallest absolute Gasteiger partial charge is 0.165 e. The summed E-state index contributed by atoms with van der Waals surface area (Å²) in [5.74, 6) is 0.255. The third-order valence-corrected chi connectivity index (χ3v) is 4.43. The summed E-state index contributed by atoms with van der Waals surface area (Å²) in [5, 5.41) is 2.81. The summed E-state index contributed by atoms with van der Waals surface area (Å²) in [6.07, 6.45) is 4.09. The fourth-order valence-electron chi connectivity index (χ4n) is 1.50. The number of nitrogens with one attached hydrogen (secondary N) is 1. The van der Waals surface area contributed by atoms with Crippen LogP contribution in [-0.2, 0) is 9.84 Å². The van der Waals surface area contributed by atoms with Crippen molar-refractivity contribution < 1.29 is 8.42 Å². The predicted molar refractivity (Wildman–Crippen MR) is 49.7 cm³/mol. The van der Waals surface area contributed by atoms with Gasteiger partial charge in [0.05, 0.1) is 0 Å². The summed E-state index contributed by atoms with van der Waals surface area (Å²) in [4.78, 5) is 0. The average molecular weight is 191 g/mol. The highest BCUT2D eigenvalue weighted by Crippen LogP contribution is 2.13. The van der Waals surface area contributed by atoms with E-state index >= 15 is 0 Å². The molecule has 1 atom stereocenters. The SMILES string of the molecule is CCS(=O)(=O)C1CCCCCN1. The van der Waals surface area contributed by atoms with E-state index in [2.05, 4.69) is 5.32 Å². The van der Waals surface area contributed by atoms with Crippen LogP contribution in [0.3, 0.4) is 0 Å². The molecule has 72 valence electrons. The van der Waals surface area contributed by atoms with E-state index in [1.165, 1.54) is 0 Å². The summed E-state index contributed by atoms with van der Waals surface area (Å²) in [5.41, 5.74) is 0. The van der Waals surface area contributed by atoms with E-state index < -0.39 is 9.84 Å². The molecule has 0 spiro atoms. The molecule has 3 nitrogen and oxygen atoms in total. The number of hydrogen-bond acceptors (Lipinski definition) is 3. The topological polar surface area (TPSA) is 46.2 Å². The van der Waals surface area contributed by atoms with Crippen LogP contribution >= 0.6 is 0 Å². The summed E-state index contributed by atoms with van der Waals surface area (Å²) in [7, 11) is -2.86. The van der Waals surface area contributed by atoms with Gasteiger partial charge in [-0.2, -0.15) is 0 Å². The lowest BCUT2D eigenvalue weighted by Gasteiger charge is -2.14. The van der Waals surface area contributed by atoms with Crippen LogP contribution in [0.15, 0.2) is 0 Å². The van der Waals surface area contributed by atoms with Gasteiger partial charge in [0.1, 0.15) is 5.37 Å². The van der Waals surface area contributed by atoms with Gasteiger partial charge in [-0.15, -0.1) is 0 Å². The molecule has 1 aliphatic heterocycles. The maximum atomic E-state index is 11.4. The first-order valence-corrected chi connectivity index (χ1v) is 6.33. The van der Waals surface area contributed by atoms with E-state index in [1.807, 2.05) is 0 Å². The van der Waals surface area contributed by atoms with Gasteiger partial charge in [0.2, 0.25) is 0 Å². The molecule has 0 saturated carbocycles. The van der Waals surface area contributed by atoms with Crippen molar-refractivity contribution in [2.24, 2.45) is 0 Å². The van der Waals surface area contributed by atoms with Crippen LogP contribution in [0.4, 0.5) is 0 Å². The second kappa shape index (κ2) is 4.23. The Hall–Kier alpha value is -0.0900. The molecule has 0 aliphatic carbocycles. The molecule has 0 radical (unpaired) electrons. The van der Waals surface area contributed by atoms with Crippen molar-refractivity contribution in [1.29, 1.82) is 0 Å². The normalized spacial score (nSPS) is 26.6. The third-order valence-electron chi connectivity index (χ3n) is 2.35. The van der Waals surface area contributed by atoms with E-state index in [0.717, 1.165) is 32.2 Å².